The SMILES string of the molecule is Cc1ncc(NC(=O)CN2C3CCC2COC3)cc1NC(=O)c1nnc2cc(-c3cnn(C)c3)ccn12. The highest BCUT2D eigenvalue weighted by Crippen LogP contribution is 2.28. The zero-order valence-electron chi connectivity index (χ0n) is 20.6. The molecule has 2 amide bonds. The predicted molar refractivity (Wildman–Crippen MR) is 135 cm³/mol. The Bertz CT molecular complexity index is 1480. The van der Waals surface area contributed by atoms with Gasteiger partial charge in [-0.25, -0.2) is 0 Å². The monoisotopic (exact) mass is 501 g/mol. The first-order valence-corrected chi connectivity index (χ1v) is 12.2. The second-order valence-electron chi connectivity index (χ2n) is 9.52. The highest BCUT2D eigenvalue weighted by molar-refractivity contribution is 6.03. The topological polar surface area (TPSA) is 132 Å². The van der Waals surface area contributed by atoms with Crippen molar-refractivity contribution in [3.8, 4) is 11.1 Å². The molecule has 2 aliphatic heterocycles. The number of nitrogens with one attached hydrogen (secondary N) is 2. The van der Waals surface area contributed by atoms with E-state index in [4.69, 9.17) is 4.74 Å². The summed E-state index contributed by atoms with van der Waals surface area (Å²) in [5, 5.41) is 18.2. The summed E-state index contributed by atoms with van der Waals surface area (Å²) in [5.74, 6) is -0.404. The Morgan fingerprint density at radius 2 is 1.89 bits per heavy atom. The Morgan fingerprint density at radius 1 is 1.08 bits per heavy atom. The van der Waals surface area contributed by atoms with Gasteiger partial charge in [0.1, 0.15) is 0 Å². The molecule has 2 atom stereocenters. The standard InChI is InChI=1S/C25H27N9O3/c1-15-21(8-18(10-26-15)28-23(35)12-34-19-3-4-20(34)14-37-13-19)29-25(36)24-31-30-22-7-16(5-6-33(22)24)17-9-27-32(2)11-17/h5-11,19-20H,3-4,12-14H2,1-2H3,(H,28,35)(H,29,36). The molecule has 0 aliphatic carbocycles. The molecule has 12 heteroatoms. The second-order valence-corrected chi connectivity index (χ2v) is 9.52. The quantitative estimate of drug-likeness (QED) is 0.409. The minimum Gasteiger partial charge on any atom is -0.378 e. The lowest BCUT2D eigenvalue weighted by Crippen LogP contribution is -2.48. The number of carbonyl (C=O) groups is 2. The molecule has 2 N–H and O–H groups in total. The van der Waals surface area contributed by atoms with Gasteiger partial charge in [-0.05, 0) is 43.5 Å². The van der Waals surface area contributed by atoms with Crippen molar-refractivity contribution in [1.29, 1.82) is 0 Å². The summed E-state index contributed by atoms with van der Waals surface area (Å²) in [7, 11) is 1.85. The molecular formula is C25H27N9O3. The van der Waals surface area contributed by atoms with Crippen LogP contribution in [0.5, 0.6) is 0 Å². The number of carbonyl (C=O) groups excluding carboxylic acids is 2. The average Bonchev–Trinajstić information content (AvgIpc) is 3.55. The number of hydrogen-bond donors (Lipinski definition) is 2. The minimum atomic E-state index is -0.431. The predicted octanol–water partition coefficient (Wildman–Crippen LogP) is 1.89. The van der Waals surface area contributed by atoms with Gasteiger partial charge < -0.3 is 15.4 Å². The van der Waals surface area contributed by atoms with Crippen LogP contribution in [0.25, 0.3) is 16.8 Å². The largest absolute Gasteiger partial charge is 0.378 e. The van der Waals surface area contributed by atoms with Crippen LogP contribution in [0, 0.1) is 6.92 Å². The van der Waals surface area contributed by atoms with Crippen LogP contribution in [0.4, 0.5) is 11.4 Å². The van der Waals surface area contributed by atoms with Crippen molar-refractivity contribution in [2.75, 3.05) is 30.4 Å². The van der Waals surface area contributed by atoms with Crippen molar-refractivity contribution in [2.24, 2.45) is 7.05 Å². The molecule has 2 fully saturated rings. The normalized spacial score (nSPS) is 19.3. The number of fused-ring (bicyclic) bond motifs is 3. The molecular weight excluding hydrogens is 474 g/mol. The Labute approximate surface area is 212 Å². The molecule has 6 rings (SSSR count). The lowest BCUT2D eigenvalue weighted by molar-refractivity contribution is -0.120. The van der Waals surface area contributed by atoms with Gasteiger partial charge in [0.25, 0.3) is 5.91 Å². The number of aryl methyl sites for hydroxylation is 2. The molecule has 4 aromatic rings. The number of morpholine rings is 1. The lowest BCUT2D eigenvalue weighted by Gasteiger charge is -2.33. The number of aromatic nitrogens is 6. The van der Waals surface area contributed by atoms with Gasteiger partial charge in [-0.3, -0.25) is 28.6 Å². The first kappa shape index (κ1) is 23.3. The van der Waals surface area contributed by atoms with E-state index >= 15 is 0 Å². The first-order valence-electron chi connectivity index (χ1n) is 12.2. The molecule has 2 bridgehead atoms. The van der Waals surface area contributed by atoms with Gasteiger partial charge in [0.15, 0.2) is 5.65 Å². The second kappa shape index (κ2) is 9.37. The summed E-state index contributed by atoms with van der Waals surface area (Å²) in [6.07, 6.45) is 9.13. The van der Waals surface area contributed by atoms with Crippen molar-refractivity contribution in [1.82, 2.24) is 34.3 Å². The van der Waals surface area contributed by atoms with E-state index in [1.165, 1.54) is 0 Å². The number of anilines is 2. The van der Waals surface area contributed by atoms with Gasteiger partial charge in [-0.15, -0.1) is 10.2 Å². The lowest BCUT2D eigenvalue weighted by atomic mass is 10.1. The van der Waals surface area contributed by atoms with E-state index in [1.54, 1.807) is 40.7 Å². The van der Waals surface area contributed by atoms with Crippen molar-refractivity contribution in [3.05, 3.63) is 54.5 Å². The maximum atomic E-state index is 13.1. The van der Waals surface area contributed by atoms with E-state index in [9.17, 15) is 9.59 Å². The van der Waals surface area contributed by atoms with E-state index in [2.05, 4.69) is 35.8 Å². The number of ether oxygens (including phenoxy) is 1. The minimum absolute atomic E-state index is 0.116. The zero-order chi connectivity index (χ0) is 25.5. The van der Waals surface area contributed by atoms with Crippen LogP contribution in [0.3, 0.4) is 0 Å². The van der Waals surface area contributed by atoms with Crippen LogP contribution in [-0.4, -0.2) is 77.9 Å². The average molecular weight is 502 g/mol. The van der Waals surface area contributed by atoms with Crippen LogP contribution >= 0.6 is 0 Å². The van der Waals surface area contributed by atoms with Crippen LogP contribution in [0.1, 0.15) is 29.2 Å². The van der Waals surface area contributed by atoms with E-state index < -0.39 is 5.91 Å². The summed E-state index contributed by atoms with van der Waals surface area (Å²) in [4.78, 5) is 32.4. The van der Waals surface area contributed by atoms with Crippen LogP contribution in [0.15, 0.2) is 43.0 Å². The molecule has 6 heterocycles. The fourth-order valence-electron chi connectivity index (χ4n) is 5.04. The Hall–Kier alpha value is -4.16. The Morgan fingerprint density at radius 3 is 2.65 bits per heavy atom. The molecule has 2 aliphatic rings. The molecule has 2 saturated heterocycles. The number of nitrogens with zero attached hydrogens (tertiary/aromatic N) is 7. The molecule has 0 saturated carbocycles. The summed E-state index contributed by atoms with van der Waals surface area (Å²) in [5.41, 5.74) is 4.02. The highest BCUT2D eigenvalue weighted by atomic mass is 16.5. The molecule has 0 spiro atoms. The van der Waals surface area contributed by atoms with Gasteiger partial charge in [-0.1, -0.05) is 0 Å². The molecule has 37 heavy (non-hydrogen) atoms. The van der Waals surface area contributed by atoms with Gasteiger partial charge in [0.05, 0.1) is 49.2 Å². The molecule has 190 valence electrons. The first-order chi connectivity index (χ1) is 17.9. The zero-order valence-corrected chi connectivity index (χ0v) is 20.6. The van der Waals surface area contributed by atoms with Crippen molar-refractivity contribution < 1.29 is 14.3 Å². The Balaban J connectivity index is 1.15. The van der Waals surface area contributed by atoms with Crippen molar-refractivity contribution in [3.63, 3.8) is 0 Å². The van der Waals surface area contributed by atoms with E-state index in [1.807, 2.05) is 25.4 Å². The van der Waals surface area contributed by atoms with Gasteiger partial charge in [-0.2, -0.15) is 5.10 Å². The van der Waals surface area contributed by atoms with Crippen LogP contribution in [0.2, 0.25) is 0 Å². The van der Waals surface area contributed by atoms with Gasteiger partial charge in [0.2, 0.25) is 11.7 Å². The van der Waals surface area contributed by atoms with Crippen molar-refractivity contribution in [2.45, 2.75) is 31.8 Å². The van der Waals surface area contributed by atoms with Gasteiger partial charge in [0, 0.05) is 37.1 Å². The number of amides is 2. The van der Waals surface area contributed by atoms with Gasteiger partial charge >= 0.3 is 0 Å². The number of hydrogen-bond acceptors (Lipinski definition) is 8. The summed E-state index contributed by atoms with van der Waals surface area (Å²) in [6, 6.07) is 6.04. The van der Waals surface area contributed by atoms with Crippen LogP contribution < -0.4 is 10.6 Å². The smallest absolute Gasteiger partial charge is 0.294 e. The molecule has 12 nitrogen and oxygen atoms in total. The fourth-order valence-corrected chi connectivity index (χ4v) is 5.04. The highest BCUT2D eigenvalue weighted by Gasteiger charge is 2.38. The molecule has 0 aromatic carbocycles. The number of pyridine rings is 2. The van der Waals surface area contributed by atoms with E-state index in [0.717, 1.165) is 24.0 Å². The molecule has 4 aromatic heterocycles. The van der Waals surface area contributed by atoms with Crippen LogP contribution in [-0.2, 0) is 16.6 Å². The molecule has 0 radical (unpaired) electrons. The van der Waals surface area contributed by atoms with E-state index in [-0.39, 0.29) is 11.7 Å². The third kappa shape index (κ3) is 4.56. The maximum absolute atomic E-state index is 13.1. The van der Waals surface area contributed by atoms with E-state index in [0.29, 0.717) is 54.6 Å². The Kier molecular flexibility index (Phi) is 5.89. The number of rotatable bonds is 6. The molecule has 2 unspecified atom stereocenters. The summed E-state index contributed by atoms with van der Waals surface area (Å²) in [6.45, 7) is 3.44. The third-order valence-corrected chi connectivity index (χ3v) is 6.99. The fraction of sp³-hybridized carbons (Fsp3) is 0.360. The maximum Gasteiger partial charge on any atom is 0.294 e. The third-order valence-electron chi connectivity index (χ3n) is 6.99. The summed E-state index contributed by atoms with van der Waals surface area (Å²) >= 11 is 0. The van der Waals surface area contributed by atoms with Crippen molar-refractivity contribution >= 4 is 28.8 Å². The summed E-state index contributed by atoms with van der Waals surface area (Å²) < 4.78 is 8.95.